The van der Waals surface area contributed by atoms with Gasteiger partial charge < -0.3 is 14.8 Å². The third kappa shape index (κ3) is 3.89. The number of esters is 2. The molecule has 1 unspecified atom stereocenters. The number of methoxy groups -OCH3 is 1. The molecule has 1 amide bonds. The molecule has 1 aromatic rings. The van der Waals surface area contributed by atoms with Crippen LogP contribution in [0.3, 0.4) is 0 Å². The number of carbonyl (C=O) groups is 3. The fraction of sp³-hybridized carbons (Fsp3) is 0.250. The maximum absolute atomic E-state index is 11.7. The summed E-state index contributed by atoms with van der Waals surface area (Å²) in [6.07, 6.45) is -1.44. The molecular formula is C12H13NO5. The minimum Gasteiger partial charge on any atom is -0.465 e. The lowest BCUT2D eigenvalue weighted by Crippen LogP contribution is -2.44. The SMILES string of the molecule is COC(=O)C(NC(=O)c1ccccc1)OC(C)=O. The highest BCUT2D eigenvalue weighted by atomic mass is 16.6. The highest BCUT2D eigenvalue weighted by Gasteiger charge is 2.24. The lowest BCUT2D eigenvalue weighted by molar-refractivity contribution is -0.166. The predicted molar refractivity (Wildman–Crippen MR) is 61.5 cm³/mol. The highest BCUT2D eigenvalue weighted by Crippen LogP contribution is 2.00. The summed E-state index contributed by atoms with van der Waals surface area (Å²) in [7, 11) is 1.13. The van der Waals surface area contributed by atoms with E-state index in [9.17, 15) is 14.4 Å². The van der Waals surface area contributed by atoms with Crippen molar-refractivity contribution >= 4 is 17.8 Å². The van der Waals surface area contributed by atoms with E-state index in [1.54, 1.807) is 30.3 Å². The van der Waals surface area contributed by atoms with Gasteiger partial charge in [-0.25, -0.2) is 4.79 Å². The number of carbonyl (C=O) groups excluding carboxylic acids is 3. The molecule has 0 radical (unpaired) electrons. The van der Waals surface area contributed by atoms with Crippen LogP contribution in [0.1, 0.15) is 17.3 Å². The first kappa shape index (κ1) is 13.7. The first-order valence-corrected chi connectivity index (χ1v) is 5.15. The number of hydrogen-bond acceptors (Lipinski definition) is 5. The van der Waals surface area contributed by atoms with Gasteiger partial charge in [-0.3, -0.25) is 9.59 Å². The van der Waals surface area contributed by atoms with E-state index in [1.165, 1.54) is 0 Å². The van der Waals surface area contributed by atoms with Gasteiger partial charge in [-0.2, -0.15) is 0 Å². The predicted octanol–water partition coefficient (Wildman–Crippen LogP) is 0.479. The molecular weight excluding hydrogens is 238 g/mol. The molecule has 0 saturated carbocycles. The topological polar surface area (TPSA) is 81.7 Å². The number of amides is 1. The van der Waals surface area contributed by atoms with E-state index in [0.717, 1.165) is 14.0 Å². The normalized spacial score (nSPS) is 11.2. The van der Waals surface area contributed by atoms with Crippen molar-refractivity contribution in [3.05, 3.63) is 35.9 Å². The quantitative estimate of drug-likeness (QED) is 0.621. The summed E-state index contributed by atoms with van der Waals surface area (Å²) in [4.78, 5) is 33.9. The zero-order valence-corrected chi connectivity index (χ0v) is 10.0. The van der Waals surface area contributed by atoms with Gasteiger partial charge in [0.1, 0.15) is 0 Å². The maximum Gasteiger partial charge on any atom is 0.368 e. The van der Waals surface area contributed by atoms with Crippen LogP contribution in [0, 0.1) is 0 Å². The first-order valence-electron chi connectivity index (χ1n) is 5.15. The molecule has 18 heavy (non-hydrogen) atoms. The molecule has 0 bridgehead atoms. The minimum absolute atomic E-state index is 0.346. The van der Waals surface area contributed by atoms with Crippen molar-refractivity contribution in [2.24, 2.45) is 0 Å². The summed E-state index contributed by atoms with van der Waals surface area (Å²) in [5, 5.41) is 2.26. The van der Waals surface area contributed by atoms with E-state index in [4.69, 9.17) is 0 Å². The first-order chi connectivity index (χ1) is 8.54. The van der Waals surface area contributed by atoms with E-state index in [2.05, 4.69) is 14.8 Å². The molecule has 0 aliphatic rings. The Kier molecular flexibility index (Phi) is 4.86. The molecule has 0 spiro atoms. The molecule has 0 fully saturated rings. The molecule has 1 N–H and O–H groups in total. The molecule has 6 heteroatoms. The summed E-state index contributed by atoms with van der Waals surface area (Å²) < 4.78 is 9.07. The molecule has 1 atom stereocenters. The summed E-state index contributed by atoms with van der Waals surface area (Å²) in [6.45, 7) is 1.13. The largest absolute Gasteiger partial charge is 0.465 e. The van der Waals surface area contributed by atoms with Gasteiger partial charge in [-0.1, -0.05) is 18.2 Å². The fourth-order valence-electron chi connectivity index (χ4n) is 1.20. The van der Waals surface area contributed by atoms with Crippen molar-refractivity contribution in [2.45, 2.75) is 13.2 Å². The third-order valence-corrected chi connectivity index (χ3v) is 2.00. The lowest BCUT2D eigenvalue weighted by atomic mass is 10.2. The Morgan fingerprint density at radius 2 is 1.78 bits per heavy atom. The van der Waals surface area contributed by atoms with Crippen molar-refractivity contribution in [3.8, 4) is 0 Å². The van der Waals surface area contributed by atoms with Gasteiger partial charge in [0.15, 0.2) is 0 Å². The van der Waals surface area contributed by atoms with Gasteiger partial charge in [0.05, 0.1) is 7.11 Å². The van der Waals surface area contributed by atoms with Crippen molar-refractivity contribution < 1.29 is 23.9 Å². The van der Waals surface area contributed by atoms with E-state index in [0.29, 0.717) is 5.56 Å². The van der Waals surface area contributed by atoms with Crippen LogP contribution in [0.5, 0.6) is 0 Å². The second kappa shape index (κ2) is 6.39. The second-order valence-electron chi connectivity index (χ2n) is 3.35. The van der Waals surface area contributed by atoms with Gasteiger partial charge in [0.25, 0.3) is 12.1 Å². The van der Waals surface area contributed by atoms with Crippen LogP contribution in [0.4, 0.5) is 0 Å². The van der Waals surface area contributed by atoms with Crippen molar-refractivity contribution in [1.29, 1.82) is 0 Å². The Hall–Kier alpha value is -2.37. The number of ether oxygens (including phenoxy) is 2. The van der Waals surface area contributed by atoms with E-state index < -0.39 is 24.1 Å². The fourth-order valence-corrected chi connectivity index (χ4v) is 1.20. The monoisotopic (exact) mass is 251 g/mol. The third-order valence-electron chi connectivity index (χ3n) is 2.00. The van der Waals surface area contributed by atoms with Gasteiger partial charge in [-0.15, -0.1) is 0 Å². The standard InChI is InChI=1S/C12H13NO5/c1-8(14)18-11(12(16)17-2)13-10(15)9-6-4-3-5-7-9/h3-7,11H,1-2H3,(H,13,15). The van der Waals surface area contributed by atoms with E-state index in [1.807, 2.05) is 0 Å². The Morgan fingerprint density at radius 1 is 1.17 bits per heavy atom. The van der Waals surface area contributed by atoms with Gasteiger partial charge in [-0.05, 0) is 12.1 Å². The highest BCUT2D eigenvalue weighted by molar-refractivity contribution is 5.96. The molecule has 96 valence electrons. The van der Waals surface area contributed by atoms with E-state index >= 15 is 0 Å². The summed E-state index contributed by atoms with van der Waals surface area (Å²) in [6, 6.07) is 8.23. The maximum atomic E-state index is 11.7. The Balaban J connectivity index is 2.74. The van der Waals surface area contributed by atoms with Crippen LogP contribution in [-0.2, 0) is 19.1 Å². The smallest absolute Gasteiger partial charge is 0.368 e. The number of benzene rings is 1. The average molecular weight is 251 g/mol. The van der Waals surface area contributed by atoms with Gasteiger partial charge >= 0.3 is 11.9 Å². The Bertz CT molecular complexity index is 443. The van der Waals surface area contributed by atoms with Crippen LogP contribution in [0.2, 0.25) is 0 Å². The van der Waals surface area contributed by atoms with Crippen LogP contribution in [0.15, 0.2) is 30.3 Å². The van der Waals surface area contributed by atoms with Gasteiger partial charge in [0, 0.05) is 12.5 Å². The molecule has 0 aliphatic carbocycles. The summed E-state index contributed by atoms with van der Waals surface area (Å²) in [5.41, 5.74) is 0.346. The molecule has 0 aromatic heterocycles. The van der Waals surface area contributed by atoms with Crippen LogP contribution in [0.25, 0.3) is 0 Å². The molecule has 0 heterocycles. The summed E-state index contributed by atoms with van der Waals surface area (Å²) in [5.74, 6) is -2.08. The summed E-state index contributed by atoms with van der Waals surface area (Å²) >= 11 is 0. The molecule has 0 aliphatic heterocycles. The molecule has 1 aromatic carbocycles. The number of rotatable bonds is 4. The lowest BCUT2D eigenvalue weighted by Gasteiger charge is -2.15. The molecule has 0 saturated heterocycles. The molecule has 6 nitrogen and oxygen atoms in total. The van der Waals surface area contributed by atoms with Crippen molar-refractivity contribution in [3.63, 3.8) is 0 Å². The van der Waals surface area contributed by atoms with E-state index in [-0.39, 0.29) is 0 Å². The van der Waals surface area contributed by atoms with Crippen molar-refractivity contribution in [1.82, 2.24) is 5.32 Å². The Labute approximate surface area is 104 Å². The van der Waals surface area contributed by atoms with Crippen molar-refractivity contribution in [2.75, 3.05) is 7.11 Å². The number of nitrogens with one attached hydrogen (secondary N) is 1. The average Bonchev–Trinajstić information content (AvgIpc) is 2.37. The van der Waals surface area contributed by atoms with Gasteiger partial charge in [0.2, 0.25) is 0 Å². The van der Waals surface area contributed by atoms with Crippen LogP contribution in [-0.4, -0.2) is 31.2 Å². The van der Waals surface area contributed by atoms with Crippen LogP contribution < -0.4 is 5.32 Å². The van der Waals surface area contributed by atoms with Crippen LogP contribution >= 0.6 is 0 Å². The second-order valence-corrected chi connectivity index (χ2v) is 3.35. The minimum atomic E-state index is -1.44. The zero-order chi connectivity index (χ0) is 13.5. The number of hydrogen-bond donors (Lipinski definition) is 1. The molecule has 1 rings (SSSR count). The Morgan fingerprint density at radius 3 is 2.28 bits per heavy atom. The zero-order valence-electron chi connectivity index (χ0n) is 10.0.